The molecule has 1 rings (SSSR count). The van der Waals surface area contributed by atoms with Crippen molar-refractivity contribution in [3.05, 3.63) is 0 Å². The van der Waals surface area contributed by atoms with Crippen molar-refractivity contribution in [1.82, 2.24) is 5.32 Å². The molecule has 170 valence electrons. The Morgan fingerprint density at radius 3 is 1.77 bits per heavy atom. The van der Waals surface area contributed by atoms with Gasteiger partial charge in [-0.05, 0) is 0 Å². The van der Waals surface area contributed by atoms with Crippen LogP contribution in [0.1, 0.15) is 27.7 Å². The molecule has 14 heteroatoms. The molecule has 0 aromatic heterocycles. The highest BCUT2D eigenvalue weighted by molar-refractivity contribution is 6.76. The molecule has 0 unspecified atom stereocenters. The van der Waals surface area contributed by atoms with Crippen molar-refractivity contribution in [3.63, 3.8) is 0 Å². The summed E-state index contributed by atoms with van der Waals surface area (Å²) in [5.74, 6) is -4.30. The Bertz CT molecular complexity index is 695. The van der Waals surface area contributed by atoms with Gasteiger partial charge in [-0.3, -0.25) is 24.0 Å². The number of ether oxygens (including phenoxy) is 5. The van der Waals surface area contributed by atoms with Crippen LogP contribution in [-0.2, 0) is 47.7 Å². The topological polar surface area (TPSA) is 144 Å². The first-order valence-electron chi connectivity index (χ1n) is 8.40. The molecule has 0 radical (unpaired) electrons. The van der Waals surface area contributed by atoms with E-state index in [0.717, 1.165) is 27.7 Å². The van der Waals surface area contributed by atoms with E-state index >= 15 is 0 Å². The summed E-state index contributed by atoms with van der Waals surface area (Å²) >= 11 is 16.7. The summed E-state index contributed by atoms with van der Waals surface area (Å²) in [4.78, 5) is 58.2. The number of carbonyl (C=O) groups is 5. The summed E-state index contributed by atoms with van der Waals surface area (Å²) in [6.07, 6.45) is -5.64. The summed E-state index contributed by atoms with van der Waals surface area (Å²) in [6, 6.07) is -1.45. The molecule has 1 amide bonds. The Labute approximate surface area is 186 Å². The van der Waals surface area contributed by atoms with E-state index in [1.54, 1.807) is 0 Å². The number of nitrogens with one attached hydrogen (secondary N) is 1. The van der Waals surface area contributed by atoms with Gasteiger partial charge in [-0.1, -0.05) is 34.8 Å². The third-order valence-corrected chi connectivity index (χ3v) is 4.05. The second-order valence-electron chi connectivity index (χ2n) is 6.10. The fourth-order valence-corrected chi connectivity index (χ4v) is 2.72. The summed E-state index contributed by atoms with van der Waals surface area (Å²) in [5.41, 5.74) is 0. The fraction of sp³-hybridized carbons (Fsp3) is 0.688. The molecule has 0 spiro atoms. The van der Waals surface area contributed by atoms with E-state index in [-0.39, 0.29) is 0 Å². The second-order valence-corrected chi connectivity index (χ2v) is 8.38. The van der Waals surface area contributed by atoms with Gasteiger partial charge in [0.05, 0.1) is 0 Å². The van der Waals surface area contributed by atoms with E-state index in [2.05, 4.69) is 5.32 Å². The lowest BCUT2D eigenvalue weighted by Crippen LogP contribution is -2.67. The first-order chi connectivity index (χ1) is 13.7. The van der Waals surface area contributed by atoms with Gasteiger partial charge in [-0.2, -0.15) is 0 Å². The van der Waals surface area contributed by atoms with Crippen molar-refractivity contribution >= 4 is 64.6 Å². The largest absolute Gasteiger partial charge is 0.463 e. The van der Waals surface area contributed by atoms with Gasteiger partial charge in [0.2, 0.25) is 6.29 Å². The minimum atomic E-state index is -2.42. The van der Waals surface area contributed by atoms with Gasteiger partial charge in [0, 0.05) is 27.7 Å². The van der Waals surface area contributed by atoms with Crippen LogP contribution in [0.4, 0.5) is 0 Å². The average Bonchev–Trinajstić information content (AvgIpc) is 2.56. The highest BCUT2D eigenvalue weighted by Gasteiger charge is 2.53. The minimum Gasteiger partial charge on any atom is -0.463 e. The molecule has 1 aliphatic heterocycles. The molecule has 1 fully saturated rings. The number of esters is 4. The van der Waals surface area contributed by atoms with Gasteiger partial charge in [0.15, 0.2) is 12.2 Å². The van der Waals surface area contributed by atoms with Gasteiger partial charge in [0.1, 0.15) is 18.8 Å². The first kappa shape index (κ1) is 26.2. The van der Waals surface area contributed by atoms with Crippen molar-refractivity contribution < 1.29 is 47.7 Å². The highest BCUT2D eigenvalue weighted by atomic mass is 35.6. The van der Waals surface area contributed by atoms with E-state index in [0.29, 0.717) is 0 Å². The third kappa shape index (κ3) is 8.13. The van der Waals surface area contributed by atoms with Gasteiger partial charge in [-0.15, -0.1) is 0 Å². The van der Waals surface area contributed by atoms with Crippen molar-refractivity contribution in [2.45, 2.75) is 62.1 Å². The molecule has 0 saturated carbocycles. The van der Waals surface area contributed by atoms with Crippen molar-refractivity contribution in [2.75, 3.05) is 6.61 Å². The second kappa shape index (κ2) is 11.0. The van der Waals surface area contributed by atoms with Crippen LogP contribution in [0.25, 0.3) is 0 Å². The molecule has 1 saturated heterocycles. The Balaban J connectivity index is 3.39. The number of halogens is 3. The van der Waals surface area contributed by atoms with Crippen LogP contribution in [0.5, 0.6) is 0 Å². The molecule has 0 aliphatic carbocycles. The summed E-state index contributed by atoms with van der Waals surface area (Å²) in [5, 5.41) is 2.25. The van der Waals surface area contributed by atoms with Crippen LogP contribution < -0.4 is 5.32 Å². The molecular formula is C16H20Cl3NO10. The van der Waals surface area contributed by atoms with E-state index in [9.17, 15) is 24.0 Å². The molecule has 30 heavy (non-hydrogen) atoms. The predicted molar refractivity (Wildman–Crippen MR) is 100 cm³/mol. The standard InChI is InChI=1S/C16H20Cl3NO10/c1-6(21)26-5-10-12(27-7(2)22)13(28-8(3)23)11(14(30-10)29-9(4)24)20-15(25)16(17,18)19/h10-14H,5H2,1-4H3,(H,20,25)/t10-,11-,12-,13-,14+/m1/s1. The number of amides is 1. The van der Waals surface area contributed by atoms with E-state index < -0.39 is 70.8 Å². The quantitative estimate of drug-likeness (QED) is 0.317. The van der Waals surface area contributed by atoms with Crippen LogP contribution in [0.15, 0.2) is 0 Å². The lowest BCUT2D eigenvalue weighted by molar-refractivity contribution is -0.271. The summed E-state index contributed by atoms with van der Waals surface area (Å²) < 4.78 is 23.5. The predicted octanol–water partition coefficient (Wildman–Crippen LogP) is 0.556. The zero-order valence-corrected chi connectivity index (χ0v) is 18.6. The molecule has 0 bridgehead atoms. The van der Waals surface area contributed by atoms with Crippen LogP contribution in [-0.4, -0.2) is 70.8 Å². The third-order valence-electron chi connectivity index (χ3n) is 3.54. The zero-order chi connectivity index (χ0) is 23.2. The Morgan fingerprint density at radius 2 is 1.33 bits per heavy atom. The smallest absolute Gasteiger partial charge is 0.305 e. The van der Waals surface area contributed by atoms with Crippen LogP contribution in [0.2, 0.25) is 0 Å². The molecular weight excluding hydrogens is 473 g/mol. The van der Waals surface area contributed by atoms with Gasteiger partial charge in [-0.25, -0.2) is 0 Å². The van der Waals surface area contributed by atoms with Crippen LogP contribution >= 0.6 is 34.8 Å². The summed E-state index contributed by atoms with van der Waals surface area (Å²) in [7, 11) is 0. The van der Waals surface area contributed by atoms with Crippen LogP contribution in [0.3, 0.4) is 0 Å². The van der Waals surface area contributed by atoms with Crippen molar-refractivity contribution in [3.8, 4) is 0 Å². The minimum absolute atomic E-state index is 0.450. The van der Waals surface area contributed by atoms with Crippen molar-refractivity contribution in [2.24, 2.45) is 0 Å². The number of alkyl halides is 3. The maximum Gasteiger partial charge on any atom is 0.305 e. The van der Waals surface area contributed by atoms with Crippen LogP contribution in [0, 0.1) is 0 Å². The Morgan fingerprint density at radius 1 is 0.833 bits per heavy atom. The molecule has 11 nitrogen and oxygen atoms in total. The Hall–Kier alpha value is -1.82. The first-order valence-corrected chi connectivity index (χ1v) is 9.54. The number of rotatable bonds is 6. The lowest BCUT2D eigenvalue weighted by Gasteiger charge is -2.44. The molecule has 0 aromatic carbocycles. The molecule has 1 heterocycles. The Kier molecular flexibility index (Phi) is 9.60. The number of hydrogen-bond donors (Lipinski definition) is 1. The van der Waals surface area contributed by atoms with E-state index in [1.807, 2.05) is 0 Å². The zero-order valence-electron chi connectivity index (χ0n) is 16.3. The maximum atomic E-state index is 12.2. The van der Waals surface area contributed by atoms with Gasteiger partial charge in [0.25, 0.3) is 9.70 Å². The number of carbonyl (C=O) groups excluding carboxylic acids is 5. The van der Waals surface area contributed by atoms with E-state index in [1.165, 1.54) is 0 Å². The molecule has 1 aliphatic rings. The van der Waals surface area contributed by atoms with Gasteiger partial charge >= 0.3 is 23.9 Å². The molecule has 1 N–H and O–H groups in total. The average molecular weight is 493 g/mol. The fourth-order valence-electron chi connectivity index (χ4n) is 2.55. The maximum absolute atomic E-state index is 12.2. The highest BCUT2D eigenvalue weighted by Crippen LogP contribution is 2.31. The normalized spacial score (nSPS) is 26.2. The lowest BCUT2D eigenvalue weighted by atomic mass is 9.96. The number of hydrogen-bond acceptors (Lipinski definition) is 10. The molecule has 5 atom stereocenters. The van der Waals surface area contributed by atoms with Crippen molar-refractivity contribution in [1.29, 1.82) is 0 Å². The van der Waals surface area contributed by atoms with Gasteiger partial charge < -0.3 is 29.0 Å². The van der Waals surface area contributed by atoms with E-state index in [4.69, 9.17) is 58.5 Å². The summed E-state index contributed by atoms with van der Waals surface area (Å²) in [6.45, 7) is 3.85. The molecule has 0 aromatic rings. The monoisotopic (exact) mass is 491 g/mol. The SMILES string of the molecule is CC(=O)OC[C@H]1O[C@H](OC(C)=O)[C@H](NC(=O)C(Cl)(Cl)Cl)[C@@H](OC(C)=O)[C@@H]1OC(C)=O.